The number of hydrogen-bond donors (Lipinski definition) is 1. The van der Waals surface area contributed by atoms with Gasteiger partial charge in [0.25, 0.3) is 0 Å². The smallest absolute Gasteiger partial charge is 0.242 e. The van der Waals surface area contributed by atoms with Crippen molar-refractivity contribution in [3.63, 3.8) is 0 Å². The predicted molar refractivity (Wildman–Crippen MR) is 108 cm³/mol. The van der Waals surface area contributed by atoms with Crippen molar-refractivity contribution < 1.29 is 13.2 Å². The molecule has 0 aliphatic rings. The summed E-state index contributed by atoms with van der Waals surface area (Å²) in [4.78, 5) is 13.2. The Morgan fingerprint density at radius 1 is 1.15 bits per heavy atom. The van der Waals surface area contributed by atoms with Crippen LogP contribution in [0.5, 0.6) is 0 Å². The van der Waals surface area contributed by atoms with Crippen LogP contribution in [-0.4, -0.2) is 38.0 Å². The van der Waals surface area contributed by atoms with E-state index in [1.807, 2.05) is 0 Å². The molecule has 0 bridgehead atoms. The largest absolute Gasteiger partial charge is 0.325 e. The fourth-order valence-electron chi connectivity index (χ4n) is 2.00. The van der Waals surface area contributed by atoms with Crippen LogP contribution in [0.25, 0.3) is 0 Å². The summed E-state index contributed by atoms with van der Waals surface area (Å²) in [6, 6.07) is 11.2. The molecule has 26 heavy (non-hydrogen) atoms. The van der Waals surface area contributed by atoms with Crippen molar-refractivity contribution in [3.8, 4) is 0 Å². The monoisotopic (exact) mass is 432 g/mol. The Balaban J connectivity index is 2.13. The molecule has 9 heteroatoms. The number of anilines is 1. The molecule has 2 aromatic carbocycles. The van der Waals surface area contributed by atoms with E-state index in [1.54, 1.807) is 37.3 Å². The van der Waals surface area contributed by atoms with Gasteiger partial charge in [-0.3, -0.25) is 4.79 Å². The van der Waals surface area contributed by atoms with E-state index in [0.717, 1.165) is 4.31 Å². The molecule has 2 aromatic rings. The molecule has 0 aliphatic carbocycles. The summed E-state index contributed by atoms with van der Waals surface area (Å²) in [5.41, 5.74) is 0.405. The molecule has 140 valence electrons. The second-order valence-corrected chi connectivity index (χ2v) is 10.0. The van der Waals surface area contributed by atoms with E-state index in [9.17, 15) is 13.2 Å². The highest BCUT2D eigenvalue weighted by molar-refractivity contribution is 8.00. The van der Waals surface area contributed by atoms with Crippen LogP contribution in [0.4, 0.5) is 5.69 Å². The first-order valence-corrected chi connectivity index (χ1v) is 10.6. The Kier molecular flexibility index (Phi) is 6.99. The first-order chi connectivity index (χ1) is 12.1. The average molecular weight is 433 g/mol. The van der Waals surface area contributed by atoms with Gasteiger partial charge in [0.1, 0.15) is 0 Å². The van der Waals surface area contributed by atoms with E-state index in [1.165, 1.54) is 38.0 Å². The molecule has 0 saturated heterocycles. The number of carbonyl (C=O) groups is 1. The lowest BCUT2D eigenvalue weighted by molar-refractivity contribution is -0.115. The minimum atomic E-state index is -3.57. The SMILES string of the molecule is CC(Sc1cc(Cl)ccc1Cl)C(=O)Nc1cccc(S(=O)(=O)N(C)C)c1. The molecule has 2 rings (SSSR count). The molecule has 0 heterocycles. The third kappa shape index (κ3) is 5.14. The number of carbonyl (C=O) groups excluding carboxylic acids is 1. The molecular formula is C17H18Cl2N2O3S2. The van der Waals surface area contributed by atoms with Gasteiger partial charge in [-0.25, -0.2) is 12.7 Å². The van der Waals surface area contributed by atoms with Gasteiger partial charge in [-0.15, -0.1) is 11.8 Å². The van der Waals surface area contributed by atoms with Crippen molar-refractivity contribution in [2.75, 3.05) is 19.4 Å². The normalized spacial score (nSPS) is 12.8. The van der Waals surface area contributed by atoms with Crippen LogP contribution < -0.4 is 5.32 Å². The summed E-state index contributed by atoms with van der Waals surface area (Å²) in [6.45, 7) is 1.73. The number of sulfonamides is 1. The zero-order valence-electron chi connectivity index (χ0n) is 14.4. The molecule has 1 atom stereocenters. The number of hydrogen-bond acceptors (Lipinski definition) is 4. The molecule has 0 aromatic heterocycles. The average Bonchev–Trinajstić information content (AvgIpc) is 2.58. The van der Waals surface area contributed by atoms with Gasteiger partial charge >= 0.3 is 0 Å². The van der Waals surface area contributed by atoms with Gasteiger partial charge in [-0.2, -0.15) is 0 Å². The number of thioether (sulfide) groups is 1. The topological polar surface area (TPSA) is 66.5 Å². The Morgan fingerprint density at radius 3 is 2.50 bits per heavy atom. The highest BCUT2D eigenvalue weighted by Gasteiger charge is 2.20. The number of halogens is 2. The van der Waals surface area contributed by atoms with E-state index in [0.29, 0.717) is 20.6 Å². The maximum absolute atomic E-state index is 12.4. The minimum Gasteiger partial charge on any atom is -0.325 e. The van der Waals surface area contributed by atoms with Gasteiger partial charge in [-0.1, -0.05) is 29.3 Å². The van der Waals surface area contributed by atoms with Gasteiger partial charge < -0.3 is 5.32 Å². The van der Waals surface area contributed by atoms with Gasteiger partial charge in [0.15, 0.2) is 0 Å². The zero-order valence-corrected chi connectivity index (χ0v) is 17.5. The molecule has 5 nitrogen and oxygen atoms in total. The van der Waals surface area contributed by atoms with Crippen LogP contribution in [0, 0.1) is 0 Å². The second kappa shape index (κ2) is 8.63. The summed E-state index contributed by atoms with van der Waals surface area (Å²) >= 11 is 13.4. The van der Waals surface area contributed by atoms with Crippen LogP contribution in [0.1, 0.15) is 6.92 Å². The van der Waals surface area contributed by atoms with E-state index in [-0.39, 0.29) is 10.8 Å². The highest BCUT2D eigenvalue weighted by Crippen LogP contribution is 2.33. The maximum Gasteiger partial charge on any atom is 0.242 e. The molecule has 1 unspecified atom stereocenters. The quantitative estimate of drug-likeness (QED) is 0.688. The lowest BCUT2D eigenvalue weighted by Crippen LogP contribution is -2.24. The Morgan fingerprint density at radius 2 is 1.85 bits per heavy atom. The molecule has 0 saturated carbocycles. The van der Waals surface area contributed by atoms with E-state index in [2.05, 4.69) is 5.32 Å². The van der Waals surface area contributed by atoms with Crippen LogP contribution in [-0.2, 0) is 14.8 Å². The summed E-state index contributed by atoms with van der Waals surface area (Å²) in [6.07, 6.45) is 0. The third-order valence-corrected chi connectivity index (χ3v) is 7.09. The summed E-state index contributed by atoms with van der Waals surface area (Å²) < 4.78 is 25.5. The van der Waals surface area contributed by atoms with Crippen molar-refractivity contribution in [2.45, 2.75) is 22.0 Å². The number of rotatable bonds is 6. The Hall–Kier alpha value is -1.25. The molecule has 0 spiro atoms. The van der Waals surface area contributed by atoms with Crippen molar-refractivity contribution in [2.24, 2.45) is 0 Å². The summed E-state index contributed by atoms with van der Waals surface area (Å²) in [5.74, 6) is -0.273. The van der Waals surface area contributed by atoms with Gasteiger partial charge in [0.05, 0.1) is 15.2 Å². The number of amides is 1. The fraction of sp³-hybridized carbons (Fsp3) is 0.235. The predicted octanol–water partition coefficient (Wildman–Crippen LogP) is 4.36. The standard InChI is InChI=1S/C17H18Cl2N2O3S2/c1-11(25-16-9-12(18)7-8-15(16)19)17(22)20-13-5-4-6-14(10-13)26(23,24)21(2)3/h4-11H,1-3H3,(H,20,22). The first-order valence-electron chi connectivity index (χ1n) is 7.56. The molecule has 1 N–H and O–H groups in total. The Bertz CT molecular complexity index is 918. The van der Waals surface area contributed by atoms with Crippen molar-refractivity contribution >= 4 is 56.6 Å². The van der Waals surface area contributed by atoms with Crippen LogP contribution in [0.3, 0.4) is 0 Å². The third-order valence-electron chi connectivity index (χ3n) is 3.45. The molecule has 0 fully saturated rings. The van der Waals surface area contributed by atoms with Crippen molar-refractivity contribution in [1.82, 2.24) is 4.31 Å². The highest BCUT2D eigenvalue weighted by atomic mass is 35.5. The van der Waals surface area contributed by atoms with Gasteiger partial charge in [-0.05, 0) is 43.3 Å². The van der Waals surface area contributed by atoms with Crippen LogP contribution >= 0.6 is 35.0 Å². The second-order valence-electron chi connectivity index (χ2n) is 5.64. The van der Waals surface area contributed by atoms with Crippen molar-refractivity contribution in [3.05, 3.63) is 52.5 Å². The number of benzene rings is 2. The minimum absolute atomic E-state index is 0.110. The van der Waals surface area contributed by atoms with E-state index < -0.39 is 15.3 Å². The fourth-order valence-corrected chi connectivity index (χ4v) is 4.36. The Labute approximate surface area is 167 Å². The number of nitrogens with one attached hydrogen (secondary N) is 1. The lowest BCUT2D eigenvalue weighted by atomic mass is 10.3. The molecular weight excluding hydrogens is 415 g/mol. The maximum atomic E-state index is 12.4. The van der Waals surface area contributed by atoms with Crippen LogP contribution in [0.15, 0.2) is 52.3 Å². The van der Waals surface area contributed by atoms with Crippen molar-refractivity contribution in [1.29, 1.82) is 0 Å². The molecule has 0 aliphatic heterocycles. The lowest BCUT2D eigenvalue weighted by Gasteiger charge is -2.15. The van der Waals surface area contributed by atoms with E-state index in [4.69, 9.17) is 23.2 Å². The molecule has 0 radical (unpaired) electrons. The summed E-state index contributed by atoms with van der Waals surface area (Å²) in [7, 11) is -0.665. The van der Waals surface area contributed by atoms with E-state index >= 15 is 0 Å². The number of nitrogens with zero attached hydrogens (tertiary/aromatic N) is 1. The van der Waals surface area contributed by atoms with Gasteiger partial charge in [0.2, 0.25) is 15.9 Å². The van der Waals surface area contributed by atoms with Crippen LogP contribution in [0.2, 0.25) is 10.0 Å². The van der Waals surface area contributed by atoms with Gasteiger partial charge in [0, 0.05) is 29.7 Å². The zero-order chi connectivity index (χ0) is 19.5. The first kappa shape index (κ1) is 21.1. The molecule has 1 amide bonds. The summed E-state index contributed by atoms with van der Waals surface area (Å²) in [5, 5.41) is 3.32.